The molecule has 158 valence electrons. The summed E-state index contributed by atoms with van der Waals surface area (Å²) in [7, 11) is 3.23. The van der Waals surface area contributed by atoms with Crippen molar-refractivity contribution in [3.05, 3.63) is 24.3 Å². The molecule has 3 rings (SSSR count). The smallest absolute Gasteiger partial charge is 0.325 e. The lowest BCUT2D eigenvalue weighted by molar-refractivity contribution is -0.140. The number of carbonyl (C=O) groups is 3. The Balaban J connectivity index is 1.51. The molecule has 0 radical (unpaired) electrons. The number of hydrogen-bond acceptors (Lipinski definition) is 5. The van der Waals surface area contributed by atoms with Crippen molar-refractivity contribution < 1.29 is 23.9 Å². The molecule has 0 aromatic heterocycles. The zero-order valence-corrected chi connectivity index (χ0v) is 17.3. The van der Waals surface area contributed by atoms with Crippen LogP contribution in [0.25, 0.3) is 0 Å². The molecule has 1 saturated carbocycles. The summed E-state index contributed by atoms with van der Waals surface area (Å²) < 4.78 is 10.7. The van der Waals surface area contributed by atoms with Gasteiger partial charge < -0.3 is 19.7 Å². The van der Waals surface area contributed by atoms with Crippen molar-refractivity contribution in [3.63, 3.8) is 0 Å². The van der Waals surface area contributed by atoms with Crippen molar-refractivity contribution in [3.8, 4) is 11.5 Å². The lowest BCUT2D eigenvalue weighted by Gasteiger charge is -2.36. The molecule has 1 aromatic rings. The SMILES string of the molecule is COc1ccc(OCCN(C)C(=O)CN2C(=O)NC3(CCCCC3C)C2=O)cc1. The Morgan fingerprint density at radius 1 is 1.24 bits per heavy atom. The predicted octanol–water partition coefficient (Wildman–Crippen LogP) is 2.03. The quantitative estimate of drug-likeness (QED) is 0.704. The van der Waals surface area contributed by atoms with Gasteiger partial charge in [-0.1, -0.05) is 19.8 Å². The van der Waals surface area contributed by atoms with Gasteiger partial charge in [0.2, 0.25) is 5.91 Å². The van der Waals surface area contributed by atoms with Crippen molar-refractivity contribution >= 4 is 17.8 Å². The molecule has 1 heterocycles. The molecule has 1 saturated heterocycles. The highest BCUT2D eigenvalue weighted by Gasteiger charge is 2.55. The normalized spacial score (nSPS) is 23.8. The molecule has 8 heteroatoms. The van der Waals surface area contributed by atoms with Crippen LogP contribution in [-0.2, 0) is 9.59 Å². The van der Waals surface area contributed by atoms with Crippen molar-refractivity contribution in [1.29, 1.82) is 0 Å². The summed E-state index contributed by atoms with van der Waals surface area (Å²) >= 11 is 0. The van der Waals surface area contributed by atoms with Crippen LogP contribution in [0.3, 0.4) is 0 Å². The first-order valence-electron chi connectivity index (χ1n) is 10.0. The zero-order chi connectivity index (χ0) is 21.0. The first-order chi connectivity index (χ1) is 13.9. The van der Waals surface area contributed by atoms with Crippen molar-refractivity contribution in [2.75, 3.05) is 33.9 Å². The van der Waals surface area contributed by atoms with Crippen molar-refractivity contribution in [2.24, 2.45) is 5.92 Å². The van der Waals surface area contributed by atoms with Crippen LogP contribution in [0.2, 0.25) is 0 Å². The van der Waals surface area contributed by atoms with Gasteiger partial charge in [0, 0.05) is 7.05 Å². The van der Waals surface area contributed by atoms with Crippen LogP contribution in [0.15, 0.2) is 24.3 Å². The first kappa shape index (κ1) is 21.0. The van der Waals surface area contributed by atoms with Crippen LogP contribution in [0, 0.1) is 5.92 Å². The average Bonchev–Trinajstić information content (AvgIpc) is 2.95. The van der Waals surface area contributed by atoms with E-state index in [1.165, 1.54) is 4.90 Å². The third-order valence-corrected chi connectivity index (χ3v) is 5.98. The second kappa shape index (κ2) is 8.71. The molecule has 1 N–H and O–H groups in total. The van der Waals surface area contributed by atoms with E-state index in [2.05, 4.69) is 5.32 Å². The predicted molar refractivity (Wildman–Crippen MR) is 107 cm³/mol. The summed E-state index contributed by atoms with van der Waals surface area (Å²) in [5.41, 5.74) is -0.842. The van der Waals surface area contributed by atoms with Crippen LogP contribution >= 0.6 is 0 Å². The molecular weight excluding hydrogens is 374 g/mol. The molecule has 1 aromatic carbocycles. The molecule has 4 amide bonds. The Morgan fingerprint density at radius 3 is 2.59 bits per heavy atom. The summed E-state index contributed by atoms with van der Waals surface area (Å²) in [4.78, 5) is 40.4. The van der Waals surface area contributed by atoms with E-state index in [1.54, 1.807) is 38.4 Å². The number of benzene rings is 1. The Kier molecular flexibility index (Phi) is 6.30. The van der Waals surface area contributed by atoms with Crippen LogP contribution < -0.4 is 14.8 Å². The van der Waals surface area contributed by atoms with Crippen LogP contribution in [0.1, 0.15) is 32.6 Å². The van der Waals surface area contributed by atoms with E-state index in [0.29, 0.717) is 25.3 Å². The standard InChI is InChI=1S/C21H29N3O5/c1-15-6-4-5-11-21(15)19(26)24(20(27)22-21)14-18(25)23(2)12-13-29-17-9-7-16(28-3)8-10-17/h7-10,15H,4-6,11-14H2,1-3H3,(H,22,27). The number of rotatable bonds is 7. The number of nitrogens with zero attached hydrogens (tertiary/aromatic N) is 2. The Labute approximate surface area is 171 Å². The third kappa shape index (κ3) is 4.31. The second-order valence-corrected chi connectivity index (χ2v) is 7.78. The monoisotopic (exact) mass is 403 g/mol. The van der Waals surface area contributed by atoms with E-state index in [1.807, 2.05) is 6.92 Å². The number of urea groups is 1. The second-order valence-electron chi connectivity index (χ2n) is 7.78. The van der Waals surface area contributed by atoms with E-state index in [4.69, 9.17) is 9.47 Å². The fourth-order valence-corrected chi connectivity index (χ4v) is 3.99. The molecule has 29 heavy (non-hydrogen) atoms. The highest BCUT2D eigenvalue weighted by atomic mass is 16.5. The molecule has 0 bridgehead atoms. The van der Waals surface area contributed by atoms with E-state index in [9.17, 15) is 14.4 Å². The van der Waals surface area contributed by atoms with Gasteiger partial charge in [0.15, 0.2) is 0 Å². The molecule has 2 unspecified atom stereocenters. The molecule has 2 atom stereocenters. The Bertz CT molecular complexity index is 766. The minimum atomic E-state index is -0.842. The topological polar surface area (TPSA) is 88.2 Å². The number of imide groups is 1. The van der Waals surface area contributed by atoms with Crippen molar-refractivity contribution in [1.82, 2.24) is 15.1 Å². The maximum atomic E-state index is 12.9. The molecule has 1 spiro atoms. The van der Waals surface area contributed by atoms with Gasteiger partial charge >= 0.3 is 6.03 Å². The van der Waals surface area contributed by atoms with Crippen LogP contribution in [-0.4, -0.2) is 67.0 Å². The maximum Gasteiger partial charge on any atom is 0.325 e. The number of ether oxygens (including phenoxy) is 2. The summed E-state index contributed by atoms with van der Waals surface area (Å²) in [5.74, 6) is 0.916. The van der Waals surface area contributed by atoms with Gasteiger partial charge in [-0.05, 0) is 43.0 Å². The largest absolute Gasteiger partial charge is 0.497 e. The first-order valence-corrected chi connectivity index (χ1v) is 10.0. The Morgan fingerprint density at radius 2 is 1.93 bits per heavy atom. The summed E-state index contributed by atoms with van der Waals surface area (Å²) in [5, 5.41) is 2.87. The number of carbonyl (C=O) groups excluding carboxylic acids is 3. The van der Waals surface area contributed by atoms with E-state index in [0.717, 1.165) is 29.9 Å². The van der Waals surface area contributed by atoms with Crippen LogP contribution in [0.4, 0.5) is 4.79 Å². The fourth-order valence-electron chi connectivity index (χ4n) is 3.99. The Hall–Kier alpha value is -2.77. The lowest BCUT2D eigenvalue weighted by atomic mass is 9.73. The summed E-state index contributed by atoms with van der Waals surface area (Å²) in [6.45, 7) is 2.38. The number of amides is 4. The lowest BCUT2D eigenvalue weighted by Crippen LogP contribution is -2.54. The summed E-state index contributed by atoms with van der Waals surface area (Å²) in [6, 6.07) is 6.70. The van der Waals surface area contributed by atoms with Crippen LogP contribution in [0.5, 0.6) is 11.5 Å². The van der Waals surface area contributed by atoms with Gasteiger partial charge in [-0.25, -0.2) is 4.79 Å². The van der Waals surface area contributed by atoms with Gasteiger partial charge in [0.25, 0.3) is 5.91 Å². The zero-order valence-electron chi connectivity index (χ0n) is 17.3. The van der Waals surface area contributed by atoms with Gasteiger partial charge in [-0.15, -0.1) is 0 Å². The minimum absolute atomic E-state index is 0.0726. The number of methoxy groups -OCH3 is 1. The molecule has 2 aliphatic rings. The average molecular weight is 403 g/mol. The number of hydrogen-bond donors (Lipinski definition) is 1. The van der Waals surface area contributed by atoms with E-state index < -0.39 is 11.6 Å². The molecule has 8 nitrogen and oxygen atoms in total. The van der Waals surface area contributed by atoms with Gasteiger partial charge in [-0.2, -0.15) is 0 Å². The number of nitrogens with one attached hydrogen (secondary N) is 1. The maximum absolute atomic E-state index is 12.9. The molecule has 1 aliphatic carbocycles. The molecule has 2 fully saturated rings. The third-order valence-electron chi connectivity index (χ3n) is 5.98. The van der Waals surface area contributed by atoms with Gasteiger partial charge in [0.1, 0.15) is 30.2 Å². The van der Waals surface area contributed by atoms with E-state index in [-0.39, 0.29) is 24.3 Å². The summed E-state index contributed by atoms with van der Waals surface area (Å²) in [6.07, 6.45) is 3.49. The number of likely N-dealkylation sites (N-methyl/N-ethyl adjacent to an activating group) is 1. The minimum Gasteiger partial charge on any atom is -0.497 e. The highest BCUT2D eigenvalue weighted by Crippen LogP contribution is 2.38. The van der Waals surface area contributed by atoms with Gasteiger partial charge in [0.05, 0.1) is 13.7 Å². The van der Waals surface area contributed by atoms with E-state index >= 15 is 0 Å². The molecular formula is C21H29N3O5. The van der Waals surface area contributed by atoms with Gasteiger partial charge in [-0.3, -0.25) is 14.5 Å². The fraction of sp³-hybridized carbons (Fsp3) is 0.571. The van der Waals surface area contributed by atoms with Crippen molar-refractivity contribution in [2.45, 2.75) is 38.1 Å². The molecule has 1 aliphatic heterocycles. The highest BCUT2D eigenvalue weighted by molar-refractivity contribution is 6.09.